The number of carboxylic acid groups (broad SMARTS) is 1. The van der Waals surface area contributed by atoms with E-state index in [0.717, 1.165) is 12.0 Å². The summed E-state index contributed by atoms with van der Waals surface area (Å²) in [6, 6.07) is 9.14. The molecule has 0 saturated carbocycles. The Kier molecular flexibility index (Phi) is 5.99. The molecule has 19 heavy (non-hydrogen) atoms. The highest BCUT2D eigenvalue weighted by Crippen LogP contribution is 2.17. The molecular weight excluding hydrogens is 244 g/mol. The third-order valence-corrected chi connectivity index (χ3v) is 3.19. The SMILES string of the molecule is COC(C)(C)CCOCC(C(=O)O)c1ccccc1. The lowest BCUT2D eigenvalue weighted by Gasteiger charge is -2.23. The quantitative estimate of drug-likeness (QED) is 0.735. The number of hydrogen-bond donors (Lipinski definition) is 1. The van der Waals surface area contributed by atoms with E-state index in [0.29, 0.717) is 6.61 Å². The lowest BCUT2D eigenvalue weighted by molar-refractivity contribution is -0.140. The van der Waals surface area contributed by atoms with Crippen molar-refractivity contribution in [1.29, 1.82) is 0 Å². The van der Waals surface area contributed by atoms with E-state index in [1.165, 1.54) is 0 Å². The maximum atomic E-state index is 11.2. The van der Waals surface area contributed by atoms with Gasteiger partial charge < -0.3 is 14.6 Å². The summed E-state index contributed by atoms with van der Waals surface area (Å²) in [6.07, 6.45) is 0.727. The molecule has 0 fully saturated rings. The molecule has 1 unspecified atom stereocenters. The zero-order valence-electron chi connectivity index (χ0n) is 11.8. The second-order valence-electron chi connectivity index (χ2n) is 5.09. The molecule has 1 atom stereocenters. The monoisotopic (exact) mass is 266 g/mol. The van der Waals surface area contributed by atoms with E-state index >= 15 is 0 Å². The Balaban J connectivity index is 2.46. The average molecular weight is 266 g/mol. The number of aliphatic carboxylic acids is 1. The van der Waals surface area contributed by atoms with Crippen LogP contribution in [0.2, 0.25) is 0 Å². The Morgan fingerprint density at radius 2 is 1.95 bits per heavy atom. The second kappa shape index (κ2) is 7.26. The number of rotatable bonds is 8. The van der Waals surface area contributed by atoms with E-state index in [4.69, 9.17) is 9.47 Å². The van der Waals surface area contributed by atoms with Gasteiger partial charge >= 0.3 is 5.97 Å². The average Bonchev–Trinajstić information content (AvgIpc) is 2.39. The highest BCUT2D eigenvalue weighted by molar-refractivity contribution is 5.76. The Morgan fingerprint density at radius 3 is 2.47 bits per heavy atom. The summed E-state index contributed by atoms with van der Waals surface area (Å²) >= 11 is 0. The molecule has 0 radical (unpaired) electrons. The second-order valence-corrected chi connectivity index (χ2v) is 5.09. The van der Waals surface area contributed by atoms with E-state index in [1.807, 2.05) is 32.0 Å². The molecule has 0 aliphatic heterocycles. The minimum absolute atomic E-state index is 0.180. The molecule has 0 amide bonds. The van der Waals surface area contributed by atoms with Crippen molar-refractivity contribution in [1.82, 2.24) is 0 Å². The molecule has 1 aromatic rings. The van der Waals surface area contributed by atoms with Crippen LogP contribution in [0.3, 0.4) is 0 Å². The number of methoxy groups -OCH3 is 1. The first-order valence-electron chi connectivity index (χ1n) is 6.37. The van der Waals surface area contributed by atoms with Gasteiger partial charge in [0, 0.05) is 13.7 Å². The van der Waals surface area contributed by atoms with Crippen molar-refractivity contribution in [3.05, 3.63) is 35.9 Å². The fraction of sp³-hybridized carbons (Fsp3) is 0.533. The summed E-state index contributed by atoms with van der Waals surface area (Å²) in [5, 5.41) is 9.23. The molecule has 106 valence electrons. The van der Waals surface area contributed by atoms with Crippen LogP contribution in [0, 0.1) is 0 Å². The fourth-order valence-corrected chi connectivity index (χ4v) is 1.62. The molecule has 4 heteroatoms. The van der Waals surface area contributed by atoms with Gasteiger partial charge in [-0.25, -0.2) is 0 Å². The number of benzene rings is 1. The van der Waals surface area contributed by atoms with Crippen LogP contribution in [0.4, 0.5) is 0 Å². The molecule has 0 aliphatic rings. The van der Waals surface area contributed by atoms with Crippen molar-refractivity contribution in [2.24, 2.45) is 0 Å². The van der Waals surface area contributed by atoms with Gasteiger partial charge in [-0.2, -0.15) is 0 Å². The van der Waals surface area contributed by atoms with Gasteiger partial charge in [-0.3, -0.25) is 4.79 Å². The van der Waals surface area contributed by atoms with Gasteiger partial charge in [0.25, 0.3) is 0 Å². The van der Waals surface area contributed by atoms with Crippen LogP contribution < -0.4 is 0 Å². The van der Waals surface area contributed by atoms with Gasteiger partial charge in [0.1, 0.15) is 5.92 Å². The third kappa shape index (κ3) is 5.41. The van der Waals surface area contributed by atoms with Crippen LogP contribution in [0.15, 0.2) is 30.3 Å². The van der Waals surface area contributed by atoms with Crippen LogP contribution in [-0.2, 0) is 14.3 Å². The normalized spacial score (nSPS) is 13.2. The topological polar surface area (TPSA) is 55.8 Å². The van der Waals surface area contributed by atoms with E-state index in [-0.39, 0.29) is 12.2 Å². The van der Waals surface area contributed by atoms with Gasteiger partial charge in [0.2, 0.25) is 0 Å². The predicted molar refractivity (Wildman–Crippen MR) is 73.3 cm³/mol. The van der Waals surface area contributed by atoms with Gasteiger partial charge in [0.15, 0.2) is 0 Å². The molecule has 0 aliphatic carbocycles. The molecule has 0 spiro atoms. The maximum absolute atomic E-state index is 11.2. The summed E-state index contributed by atoms with van der Waals surface area (Å²) in [6.45, 7) is 4.61. The number of carboxylic acids is 1. The highest BCUT2D eigenvalue weighted by atomic mass is 16.5. The predicted octanol–water partition coefficient (Wildman–Crippen LogP) is 2.69. The first-order valence-corrected chi connectivity index (χ1v) is 6.37. The van der Waals surface area contributed by atoms with Crippen LogP contribution in [0.1, 0.15) is 31.7 Å². The Bertz CT molecular complexity index is 386. The molecular formula is C15H22O4. The number of ether oxygens (including phenoxy) is 2. The van der Waals surface area contributed by atoms with Crippen LogP contribution in [0.5, 0.6) is 0 Å². The lowest BCUT2D eigenvalue weighted by Crippen LogP contribution is -2.25. The van der Waals surface area contributed by atoms with Gasteiger partial charge in [0.05, 0.1) is 12.2 Å². The molecule has 0 bridgehead atoms. The summed E-state index contributed by atoms with van der Waals surface area (Å²) in [7, 11) is 1.66. The molecule has 1 rings (SSSR count). The lowest BCUT2D eigenvalue weighted by atomic mass is 10.0. The van der Waals surface area contributed by atoms with E-state index in [1.54, 1.807) is 19.2 Å². The van der Waals surface area contributed by atoms with Crippen LogP contribution >= 0.6 is 0 Å². The molecule has 0 heterocycles. The van der Waals surface area contributed by atoms with Crippen molar-refractivity contribution < 1.29 is 19.4 Å². The van der Waals surface area contributed by atoms with Crippen molar-refractivity contribution >= 4 is 5.97 Å². The summed E-state index contributed by atoms with van der Waals surface area (Å²) in [5.41, 5.74) is 0.520. The fourth-order valence-electron chi connectivity index (χ4n) is 1.62. The summed E-state index contributed by atoms with van der Waals surface area (Å²) < 4.78 is 10.8. The minimum atomic E-state index is -0.864. The third-order valence-electron chi connectivity index (χ3n) is 3.19. The van der Waals surface area contributed by atoms with Gasteiger partial charge in [-0.05, 0) is 25.8 Å². The van der Waals surface area contributed by atoms with E-state index < -0.39 is 11.9 Å². The zero-order chi connectivity index (χ0) is 14.3. The van der Waals surface area contributed by atoms with Crippen molar-refractivity contribution in [3.63, 3.8) is 0 Å². The summed E-state index contributed by atoms with van der Waals surface area (Å²) in [4.78, 5) is 11.2. The Morgan fingerprint density at radius 1 is 1.32 bits per heavy atom. The molecule has 4 nitrogen and oxygen atoms in total. The highest BCUT2D eigenvalue weighted by Gasteiger charge is 2.21. The largest absolute Gasteiger partial charge is 0.481 e. The van der Waals surface area contributed by atoms with Gasteiger partial charge in [-0.1, -0.05) is 30.3 Å². The smallest absolute Gasteiger partial charge is 0.313 e. The minimum Gasteiger partial charge on any atom is -0.481 e. The first kappa shape index (κ1) is 15.7. The van der Waals surface area contributed by atoms with Crippen molar-refractivity contribution in [2.45, 2.75) is 31.8 Å². The van der Waals surface area contributed by atoms with Crippen LogP contribution in [0.25, 0.3) is 0 Å². The first-order chi connectivity index (χ1) is 8.96. The molecule has 0 saturated heterocycles. The standard InChI is InChI=1S/C15H22O4/c1-15(2,18-3)9-10-19-11-13(14(16)17)12-7-5-4-6-8-12/h4-8,13H,9-11H2,1-3H3,(H,16,17). The zero-order valence-corrected chi connectivity index (χ0v) is 11.8. The van der Waals surface area contributed by atoms with Crippen LogP contribution in [-0.4, -0.2) is 37.0 Å². The molecule has 0 aromatic heterocycles. The Labute approximate surface area is 114 Å². The molecule has 1 N–H and O–H groups in total. The summed E-state index contributed by atoms with van der Waals surface area (Å²) in [5.74, 6) is -1.48. The molecule has 1 aromatic carbocycles. The number of carbonyl (C=O) groups is 1. The van der Waals surface area contributed by atoms with E-state index in [9.17, 15) is 9.90 Å². The van der Waals surface area contributed by atoms with E-state index in [2.05, 4.69) is 0 Å². The maximum Gasteiger partial charge on any atom is 0.313 e. The number of hydrogen-bond acceptors (Lipinski definition) is 3. The Hall–Kier alpha value is -1.39. The van der Waals surface area contributed by atoms with Crippen molar-refractivity contribution in [3.8, 4) is 0 Å². The van der Waals surface area contributed by atoms with Gasteiger partial charge in [-0.15, -0.1) is 0 Å². The van der Waals surface area contributed by atoms with Crippen molar-refractivity contribution in [2.75, 3.05) is 20.3 Å².